The quantitative estimate of drug-likeness (QED) is 0.353. The van der Waals surface area contributed by atoms with Crippen LogP contribution in [0.1, 0.15) is 25.6 Å². The van der Waals surface area contributed by atoms with E-state index in [0.29, 0.717) is 12.6 Å². The molecule has 9 heteroatoms. The van der Waals surface area contributed by atoms with Gasteiger partial charge >= 0.3 is 0 Å². The Bertz CT molecular complexity index is 531. The molecule has 2 atom stereocenters. The summed E-state index contributed by atoms with van der Waals surface area (Å²) in [4.78, 5) is 8.84. The van der Waals surface area contributed by atoms with Crippen LogP contribution in [0.15, 0.2) is 11.3 Å². The third-order valence-electron chi connectivity index (χ3n) is 4.10. The second-order valence-electron chi connectivity index (χ2n) is 5.96. The van der Waals surface area contributed by atoms with Gasteiger partial charge in [-0.3, -0.25) is 4.99 Å². The van der Waals surface area contributed by atoms with Crippen LogP contribution in [-0.4, -0.2) is 62.1 Å². The van der Waals surface area contributed by atoms with Gasteiger partial charge in [0.25, 0.3) is 0 Å². The maximum absolute atomic E-state index is 10.4. The number of thioether (sulfide) groups is 1. The van der Waals surface area contributed by atoms with Crippen molar-refractivity contribution in [3.05, 3.63) is 12.2 Å². The van der Waals surface area contributed by atoms with E-state index in [1.807, 2.05) is 11.6 Å². The van der Waals surface area contributed by atoms with Gasteiger partial charge in [0.05, 0.1) is 18.7 Å². The second-order valence-corrected chi connectivity index (χ2v) is 7.07. The Hall–Kier alpha value is -0.550. The van der Waals surface area contributed by atoms with Crippen LogP contribution >= 0.6 is 35.7 Å². The number of aliphatic hydroxyl groups is 1. The standard InChI is InChI=1S/C14H24N6OS.HI/c1-2-15-13(16-8-14(21)5-6-22-9-14)19-11-3-4-12-17-10-18-20(12)7-11;/h10-11,21H,2-9H2,1H3,(H2,15,16,19);1H. The van der Waals surface area contributed by atoms with Crippen LogP contribution in [-0.2, 0) is 13.0 Å². The van der Waals surface area contributed by atoms with Crippen LogP contribution < -0.4 is 10.6 Å². The Kier molecular flexibility index (Phi) is 6.96. The number of hydrogen-bond acceptors (Lipinski definition) is 5. The van der Waals surface area contributed by atoms with E-state index in [1.165, 1.54) is 0 Å². The smallest absolute Gasteiger partial charge is 0.191 e. The van der Waals surface area contributed by atoms with Crippen molar-refractivity contribution in [1.29, 1.82) is 0 Å². The van der Waals surface area contributed by atoms with Crippen molar-refractivity contribution in [2.45, 2.75) is 44.4 Å². The summed E-state index contributed by atoms with van der Waals surface area (Å²) in [7, 11) is 0. The van der Waals surface area contributed by atoms with Crippen LogP contribution in [0.5, 0.6) is 0 Å². The number of aliphatic imine (C=N–C) groups is 1. The highest BCUT2D eigenvalue weighted by atomic mass is 127. The topological polar surface area (TPSA) is 87.4 Å². The first-order valence-corrected chi connectivity index (χ1v) is 9.06. The van der Waals surface area contributed by atoms with Crippen molar-refractivity contribution in [3.63, 3.8) is 0 Å². The number of rotatable bonds is 4. The van der Waals surface area contributed by atoms with Gasteiger partial charge in [-0.05, 0) is 25.5 Å². The fourth-order valence-corrected chi connectivity index (χ4v) is 4.10. The highest BCUT2D eigenvalue weighted by Gasteiger charge is 2.31. The summed E-state index contributed by atoms with van der Waals surface area (Å²) in [5.74, 6) is 3.63. The molecule has 0 aromatic carbocycles. The number of nitrogens with one attached hydrogen (secondary N) is 2. The fraction of sp³-hybridized carbons (Fsp3) is 0.786. The van der Waals surface area contributed by atoms with Gasteiger partial charge in [-0.25, -0.2) is 9.67 Å². The average Bonchev–Trinajstić information content (AvgIpc) is 3.14. The van der Waals surface area contributed by atoms with Crippen molar-refractivity contribution in [2.24, 2.45) is 4.99 Å². The lowest BCUT2D eigenvalue weighted by Gasteiger charge is -2.26. The van der Waals surface area contributed by atoms with Crippen molar-refractivity contribution in [3.8, 4) is 0 Å². The number of guanidine groups is 1. The van der Waals surface area contributed by atoms with E-state index in [1.54, 1.807) is 18.1 Å². The summed E-state index contributed by atoms with van der Waals surface area (Å²) in [6, 6.07) is 0.291. The molecular weight excluding hydrogens is 427 g/mol. The SMILES string of the molecule is CCNC(=NCC1(O)CCSC1)NC1CCc2ncnn2C1.I. The average molecular weight is 452 g/mol. The zero-order chi connectivity index (χ0) is 15.4. The molecule has 0 bridgehead atoms. The number of fused-ring (bicyclic) bond motifs is 1. The van der Waals surface area contributed by atoms with E-state index in [0.717, 1.165) is 55.6 Å². The molecule has 0 amide bonds. The molecule has 2 aliphatic heterocycles. The van der Waals surface area contributed by atoms with Gasteiger partial charge in [-0.2, -0.15) is 16.9 Å². The third kappa shape index (κ3) is 4.96. The molecule has 0 aliphatic carbocycles. The molecule has 0 saturated carbocycles. The minimum absolute atomic E-state index is 0. The summed E-state index contributed by atoms with van der Waals surface area (Å²) < 4.78 is 1.95. The maximum Gasteiger partial charge on any atom is 0.191 e. The summed E-state index contributed by atoms with van der Waals surface area (Å²) in [6.07, 6.45) is 4.39. The van der Waals surface area contributed by atoms with Crippen molar-refractivity contribution < 1.29 is 5.11 Å². The Labute approximate surface area is 158 Å². The predicted molar refractivity (Wildman–Crippen MR) is 104 cm³/mol. The molecule has 23 heavy (non-hydrogen) atoms. The zero-order valence-electron chi connectivity index (χ0n) is 13.4. The Morgan fingerprint density at radius 1 is 1.61 bits per heavy atom. The molecule has 3 heterocycles. The van der Waals surface area contributed by atoms with E-state index in [4.69, 9.17) is 0 Å². The molecule has 130 valence electrons. The monoisotopic (exact) mass is 452 g/mol. The number of halogens is 1. The van der Waals surface area contributed by atoms with Crippen molar-refractivity contribution >= 4 is 41.7 Å². The number of hydrogen-bond donors (Lipinski definition) is 3. The molecule has 2 aliphatic rings. The number of nitrogens with zero attached hydrogens (tertiary/aromatic N) is 4. The predicted octanol–water partition coefficient (Wildman–Crippen LogP) is 0.634. The van der Waals surface area contributed by atoms with Crippen LogP contribution in [0.4, 0.5) is 0 Å². The first-order chi connectivity index (χ1) is 10.7. The van der Waals surface area contributed by atoms with E-state index in [2.05, 4.69) is 25.7 Å². The van der Waals surface area contributed by atoms with E-state index in [-0.39, 0.29) is 24.0 Å². The van der Waals surface area contributed by atoms with Gasteiger partial charge in [0.2, 0.25) is 0 Å². The molecule has 1 aromatic heterocycles. The first kappa shape index (κ1) is 18.8. The summed E-state index contributed by atoms with van der Waals surface area (Å²) in [6.45, 7) is 4.12. The second kappa shape index (κ2) is 8.52. The van der Waals surface area contributed by atoms with Crippen LogP contribution in [0, 0.1) is 0 Å². The van der Waals surface area contributed by atoms with Crippen LogP contribution in [0.2, 0.25) is 0 Å². The molecule has 3 N–H and O–H groups in total. The van der Waals surface area contributed by atoms with Gasteiger partial charge in [-0.15, -0.1) is 24.0 Å². The summed E-state index contributed by atoms with van der Waals surface area (Å²) >= 11 is 1.80. The molecule has 1 saturated heterocycles. The van der Waals surface area contributed by atoms with Gasteiger partial charge in [0.1, 0.15) is 12.2 Å². The molecule has 1 fully saturated rings. The van der Waals surface area contributed by atoms with Gasteiger partial charge < -0.3 is 15.7 Å². The Balaban J connectivity index is 0.00000192. The van der Waals surface area contributed by atoms with Gasteiger partial charge in [-0.1, -0.05) is 0 Å². The van der Waals surface area contributed by atoms with E-state index >= 15 is 0 Å². The molecular formula is C14H25IN6OS. The van der Waals surface area contributed by atoms with Crippen molar-refractivity contribution in [2.75, 3.05) is 24.6 Å². The zero-order valence-corrected chi connectivity index (χ0v) is 16.5. The largest absolute Gasteiger partial charge is 0.387 e. The summed E-state index contributed by atoms with van der Waals surface area (Å²) in [5, 5.41) is 21.4. The number of aryl methyl sites for hydroxylation is 1. The first-order valence-electron chi connectivity index (χ1n) is 7.90. The lowest BCUT2D eigenvalue weighted by Crippen LogP contribution is -2.48. The summed E-state index contributed by atoms with van der Waals surface area (Å²) in [5.41, 5.74) is -0.640. The van der Waals surface area contributed by atoms with E-state index < -0.39 is 5.60 Å². The van der Waals surface area contributed by atoms with Crippen LogP contribution in [0.25, 0.3) is 0 Å². The Morgan fingerprint density at radius 2 is 2.48 bits per heavy atom. The normalized spacial score (nSPS) is 27.2. The Morgan fingerprint density at radius 3 is 3.22 bits per heavy atom. The highest BCUT2D eigenvalue weighted by Crippen LogP contribution is 2.27. The van der Waals surface area contributed by atoms with Crippen molar-refractivity contribution in [1.82, 2.24) is 25.4 Å². The van der Waals surface area contributed by atoms with Gasteiger partial charge in [0, 0.05) is 24.8 Å². The highest BCUT2D eigenvalue weighted by molar-refractivity contribution is 14.0. The molecule has 1 aromatic rings. The van der Waals surface area contributed by atoms with Gasteiger partial charge in [0.15, 0.2) is 5.96 Å². The third-order valence-corrected chi connectivity index (χ3v) is 5.34. The molecule has 0 spiro atoms. The lowest BCUT2D eigenvalue weighted by molar-refractivity contribution is 0.0778. The number of aromatic nitrogens is 3. The van der Waals surface area contributed by atoms with Crippen LogP contribution in [0.3, 0.4) is 0 Å². The molecule has 2 unspecified atom stereocenters. The minimum atomic E-state index is -0.640. The molecule has 0 radical (unpaired) electrons. The maximum atomic E-state index is 10.4. The lowest BCUT2D eigenvalue weighted by atomic mass is 10.0. The van der Waals surface area contributed by atoms with E-state index in [9.17, 15) is 5.11 Å². The minimum Gasteiger partial charge on any atom is -0.387 e. The molecule has 7 nitrogen and oxygen atoms in total. The fourth-order valence-electron chi connectivity index (χ4n) is 2.82. The molecule has 3 rings (SSSR count).